The summed E-state index contributed by atoms with van der Waals surface area (Å²) in [4.78, 5) is 22.8. The van der Waals surface area contributed by atoms with Gasteiger partial charge in [-0.25, -0.2) is 9.59 Å². The van der Waals surface area contributed by atoms with Gasteiger partial charge in [0.25, 0.3) is 0 Å². The van der Waals surface area contributed by atoms with Crippen LogP contribution >= 0.6 is 0 Å². The molecule has 19 heavy (non-hydrogen) atoms. The Bertz CT molecular complexity index is 280. The topological polar surface area (TPSA) is 78.4 Å². The van der Waals surface area contributed by atoms with E-state index in [4.69, 9.17) is 5.11 Å². The molecule has 0 radical (unpaired) electrons. The summed E-state index contributed by atoms with van der Waals surface area (Å²) in [5, 5.41) is 14.4. The third-order valence-electron chi connectivity index (χ3n) is 3.10. The van der Waals surface area contributed by atoms with E-state index in [9.17, 15) is 9.59 Å². The van der Waals surface area contributed by atoms with Crippen molar-refractivity contribution in [2.45, 2.75) is 71.9 Å². The highest BCUT2D eigenvalue weighted by Gasteiger charge is 2.24. The van der Waals surface area contributed by atoms with Gasteiger partial charge in [0.15, 0.2) is 0 Å². The molecule has 0 aromatic carbocycles. The molecule has 0 saturated carbocycles. The Morgan fingerprint density at radius 3 is 2.11 bits per heavy atom. The fourth-order valence-electron chi connectivity index (χ4n) is 1.97. The summed E-state index contributed by atoms with van der Waals surface area (Å²) in [6.45, 7) is 7.74. The second-order valence-corrected chi connectivity index (χ2v) is 5.31. The van der Waals surface area contributed by atoms with E-state index in [0.29, 0.717) is 0 Å². The molecule has 0 aliphatic heterocycles. The summed E-state index contributed by atoms with van der Waals surface area (Å²) in [6, 6.07) is -1.09. The Morgan fingerprint density at radius 1 is 1.05 bits per heavy atom. The number of amides is 2. The van der Waals surface area contributed by atoms with Crippen LogP contribution in [0.25, 0.3) is 0 Å². The van der Waals surface area contributed by atoms with Crippen LogP contribution in [0.5, 0.6) is 0 Å². The smallest absolute Gasteiger partial charge is 0.326 e. The molecular weight excluding hydrogens is 244 g/mol. The van der Waals surface area contributed by atoms with Crippen LogP contribution in [-0.4, -0.2) is 29.2 Å². The molecule has 3 N–H and O–H groups in total. The Morgan fingerprint density at radius 2 is 1.68 bits per heavy atom. The second-order valence-electron chi connectivity index (χ2n) is 5.31. The van der Waals surface area contributed by atoms with E-state index in [-0.39, 0.29) is 18.0 Å². The van der Waals surface area contributed by atoms with Gasteiger partial charge in [0.1, 0.15) is 6.04 Å². The van der Waals surface area contributed by atoms with Crippen molar-refractivity contribution in [1.29, 1.82) is 0 Å². The summed E-state index contributed by atoms with van der Waals surface area (Å²) in [5.41, 5.74) is 0. The molecular formula is C14H28N2O3. The molecule has 0 saturated heterocycles. The minimum atomic E-state index is -0.995. The lowest BCUT2D eigenvalue weighted by Gasteiger charge is -2.22. The molecule has 0 aliphatic rings. The highest BCUT2D eigenvalue weighted by Crippen LogP contribution is 2.07. The molecule has 2 amide bonds. The molecule has 0 bridgehead atoms. The minimum absolute atomic E-state index is 0.131. The van der Waals surface area contributed by atoms with Gasteiger partial charge in [0.05, 0.1) is 0 Å². The molecule has 0 heterocycles. The zero-order valence-corrected chi connectivity index (χ0v) is 12.5. The van der Waals surface area contributed by atoms with Crippen molar-refractivity contribution in [3.8, 4) is 0 Å². The molecule has 5 nitrogen and oxygen atoms in total. The van der Waals surface area contributed by atoms with Crippen molar-refractivity contribution in [3.05, 3.63) is 0 Å². The normalized spacial score (nSPS) is 13.9. The van der Waals surface area contributed by atoms with Crippen LogP contribution in [0.2, 0.25) is 0 Å². The maximum Gasteiger partial charge on any atom is 0.326 e. The second kappa shape index (κ2) is 9.64. The van der Waals surface area contributed by atoms with Gasteiger partial charge in [-0.3, -0.25) is 0 Å². The number of urea groups is 1. The fourth-order valence-corrected chi connectivity index (χ4v) is 1.97. The Labute approximate surface area is 116 Å². The average molecular weight is 272 g/mol. The van der Waals surface area contributed by atoms with E-state index in [0.717, 1.165) is 32.1 Å². The molecule has 112 valence electrons. The number of carboxylic acid groups (broad SMARTS) is 1. The number of nitrogens with one attached hydrogen (secondary N) is 2. The Kier molecular flexibility index (Phi) is 9.00. The van der Waals surface area contributed by atoms with Crippen LogP contribution in [0.3, 0.4) is 0 Å². The first kappa shape index (κ1) is 17.7. The number of hydrogen-bond donors (Lipinski definition) is 3. The van der Waals surface area contributed by atoms with Crippen molar-refractivity contribution in [3.63, 3.8) is 0 Å². The first-order valence-electron chi connectivity index (χ1n) is 7.22. The van der Waals surface area contributed by atoms with Crippen molar-refractivity contribution >= 4 is 12.0 Å². The van der Waals surface area contributed by atoms with Crippen molar-refractivity contribution in [2.24, 2.45) is 5.92 Å². The third kappa shape index (κ3) is 7.70. The zero-order chi connectivity index (χ0) is 14.8. The standard InChI is InChI=1S/C14H28N2O3/c1-5-7-9-11(8-6-2)15-14(19)16-12(10(3)4)13(17)18/h10-12H,5-9H2,1-4H3,(H,17,18)(H2,15,16,19)/t11?,12-/m0/s1. The van der Waals surface area contributed by atoms with Crippen LogP contribution < -0.4 is 10.6 Å². The van der Waals surface area contributed by atoms with E-state index >= 15 is 0 Å². The number of aliphatic carboxylic acids is 1. The molecule has 1 unspecified atom stereocenters. The summed E-state index contributed by atoms with van der Waals surface area (Å²) < 4.78 is 0. The van der Waals surface area contributed by atoms with E-state index in [1.165, 1.54) is 0 Å². The molecule has 0 spiro atoms. The average Bonchev–Trinajstić information content (AvgIpc) is 2.32. The van der Waals surface area contributed by atoms with Crippen molar-refractivity contribution in [2.75, 3.05) is 0 Å². The largest absolute Gasteiger partial charge is 0.480 e. The Hall–Kier alpha value is -1.26. The van der Waals surface area contributed by atoms with Gasteiger partial charge in [-0.1, -0.05) is 47.0 Å². The summed E-state index contributed by atoms with van der Waals surface area (Å²) in [7, 11) is 0. The molecule has 5 heteroatoms. The molecule has 0 rings (SSSR count). The predicted octanol–water partition coefficient (Wildman–Crippen LogP) is 2.75. The highest BCUT2D eigenvalue weighted by molar-refractivity contribution is 5.82. The van der Waals surface area contributed by atoms with Gasteiger partial charge in [-0.05, 0) is 18.8 Å². The quantitative estimate of drug-likeness (QED) is 0.604. The van der Waals surface area contributed by atoms with Gasteiger partial charge in [-0.15, -0.1) is 0 Å². The first-order chi connectivity index (χ1) is 8.92. The molecule has 0 aliphatic carbocycles. The number of carbonyl (C=O) groups excluding carboxylic acids is 1. The minimum Gasteiger partial charge on any atom is -0.480 e. The molecule has 0 aromatic rings. The van der Waals surface area contributed by atoms with Crippen molar-refractivity contribution < 1.29 is 14.7 Å². The van der Waals surface area contributed by atoms with Gasteiger partial charge in [0, 0.05) is 6.04 Å². The highest BCUT2D eigenvalue weighted by atomic mass is 16.4. The van der Waals surface area contributed by atoms with Gasteiger partial charge in [-0.2, -0.15) is 0 Å². The monoisotopic (exact) mass is 272 g/mol. The number of carbonyl (C=O) groups is 2. The summed E-state index contributed by atoms with van der Waals surface area (Å²) in [6.07, 6.45) is 5.02. The number of hydrogen-bond acceptors (Lipinski definition) is 2. The van der Waals surface area contributed by atoms with Gasteiger partial charge >= 0.3 is 12.0 Å². The van der Waals surface area contributed by atoms with Crippen LogP contribution in [0.1, 0.15) is 59.8 Å². The summed E-state index contributed by atoms with van der Waals surface area (Å²) in [5.74, 6) is -1.13. The van der Waals surface area contributed by atoms with Crippen LogP contribution in [0, 0.1) is 5.92 Å². The maximum atomic E-state index is 11.8. The number of carboxylic acids is 1. The zero-order valence-electron chi connectivity index (χ0n) is 12.5. The van der Waals surface area contributed by atoms with Crippen LogP contribution in [0.15, 0.2) is 0 Å². The lowest BCUT2D eigenvalue weighted by atomic mass is 10.0. The summed E-state index contributed by atoms with van der Waals surface area (Å²) >= 11 is 0. The number of rotatable bonds is 9. The molecule has 0 fully saturated rings. The lowest BCUT2D eigenvalue weighted by Crippen LogP contribution is -2.51. The maximum absolute atomic E-state index is 11.8. The molecule has 0 aromatic heterocycles. The Balaban J connectivity index is 4.34. The van der Waals surface area contributed by atoms with E-state index in [1.54, 1.807) is 13.8 Å². The molecule has 2 atom stereocenters. The fraction of sp³-hybridized carbons (Fsp3) is 0.857. The first-order valence-corrected chi connectivity index (χ1v) is 7.22. The lowest BCUT2D eigenvalue weighted by molar-refractivity contribution is -0.140. The van der Waals surface area contributed by atoms with E-state index in [1.807, 2.05) is 0 Å². The SMILES string of the molecule is CCCCC(CCC)NC(=O)N[C@H](C(=O)O)C(C)C. The van der Waals surface area contributed by atoms with E-state index in [2.05, 4.69) is 24.5 Å². The van der Waals surface area contributed by atoms with Gasteiger partial charge < -0.3 is 15.7 Å². The number of unbranched alkanes of at least 4 members (excludes halogenated alkanes) is 1. The van der Waals surface area contributed by atoms with Crippen LogP contribution in [0.4, 0.5) is 4.79 Å². The van der Waals surface area contributed by atoms with E-state index < -0.39 is 12.0 Å². The van der Waals surface area contributed by atoms with Gasteiger partial charge in [0.2, 0.25) is 0 Å². The predicted molar refractivity (Wildman–Crippen MR) is 76.2 cm³/mol. The van der Waals surface area contributed by atoms with Crippen molar-refractivity contribution in [1.82, 2.24) is 10.6 Å². The van der Waals surface area contributed by atoms with Crippen LogP contribution in [-0.2, 0) is 4.79 Å². The third-order valence-corrected chi connectivity index (χ3v) is 3.10.